The lowest BCUT2D eigenvalue weighted by Gasteiger charge is -2.31. The lowest BCUT2D eigenvalue weighted by molar-refractivity contribution is -0.556. The number of amidine groups is 2. The molecule has 0 aromatic heterocycles. The van der Waals surface area contributed by atoms with Gasteiger partial charge in [-0.2, -0.15) is 0 Å². The zero-order valence-electron chi connectivity index (χ0n) is 20.0. The van der Waals surface area contributed by atoms with Crippen molar-refractivity contribution in [2.45, 2.75) is 39.0 Å². The first-order chi connectivity index (χ1) is 16.3. The quantitative estimate of drug-likeness (QED) is 0.567. The van der Waals surface area contributed by atoms with Crippen LogP contribution in [0.1, 0.15) is 25.0 Å². The molecule has 0 N–H and O–H groups in total. The van der Waals surface area contributed by atoms with Gasteiger partial charge in [-0.05, 0) is 30.0 Å². The highest BCUT2D eigenvalue weighted by atomic mass is 16.2. The van der Waals surface area contributed by atoms with Crippen molar-refractivity contribution in [3.05, 3.63) is 71.8 Å². The third-order valence-corrected chi connectivity index (χ3v) is 6.42. The number of fused-ring (bicyclic) bond motifs is 1. The van der Waals surface area contributed by atoms with Crippen LogP contribution in [0.5, 0.6) is 0 Å². The second-order valence-corrected chi connectivity index (χ2v) is 8.84. The topological polar surface area (TPSA) is 76.3 Å². The summed E-state index contributed by atoms with van der Waals surface area (Å²) in [5, 5.41) is 0. The Morgan fingerprint density at radius 3 is 1.97 bits per heavy atom. The lowest BCUT2D eigenvalue weighted by Crippen LogP contribution is -2.62. The summed E-state index contributed by atoms with van der Waals surface area (Å²) in [6.45, 7) is 5.04. The van der Waals surface area contributed by atoms with Gasteiger partial charge in [0.1, 0.15) is 6.54 Å². The van der Waals surface area contributed by atoms with Crippen molar-refractivity contribution in [3.63, 3.8) is 0 Å². The summed E-state index contributed by atoms with van der Waals surface area (Å²) in [5.41, 5.74) is 2.30. The molecule has 8 nitrogen and oxygen atoms in total. The van der Waals surface area contributed by atoms with E-state index in [0.29, 0.717) is 31.3 Å². The maximum atomic E-state index is 13.1. The summed E-state index contributed by atoms with van der Waals surface area (Å²) < 4.78 is 1.78. The monoisotopic (exact) mass is 460 g/mol. The number of carbonyl (C=O) groups excluding carboxylic acids is 3. The minimum atomic E-state index is -0.795. The molecule has 0 bridgehead atoms. The number of rotatable bonds is 8. The number of ketones is 1. The Morgan fingerprint density at radius 2 is 1.47 bits per heavy atom. The number of imide groups is 1. The summed E-state index contributed by atoms with van der Waals surface area (Å²) in [7, 11) is 3.08. The fourth-order valence-corrected chi connectivity index (χ4v) is 4.42. The second-order valence-electron chi connectivity index (χ2n) is 8.84. The molecule has 1 fully saturated rings. The highest BCUT2D eigenvalue weighted by Crippen LogP contribution is 2.22. The summed E-state index contributed by atoms with van der Waals surface area (Å²) in [6.07, 6.45) is 0. The summed E-state index contributed by atoms with van der Waals surface area (Å²) in [4.78, 5) is 47.6. The summed E-state index contributed by atoms with van der Waals surface area (Å²) in [5.74, 6) is 0.540. The van der Waals surface area contributed by atoms with Gasteiger partial charge in [-0.15, -0.1) is 0 Å². The number of Topliss-reactive ketones (excluding diaryl/α,β-unsaturated/α-hetero) is 1. The van der Waals surface area contributed by atoms with Gasteiger partial charge in [-0.1, -0.05) is 60.7 Å². The van der Waals surface area contributed by atoms with Crippen molar-refractivity contribution in [3.8, 4) is 0 Å². The largest absolute Gasteiger partial charge is 0.333 e. The molecule has 8 heteroatoms. The smallest absolute Gasteiger partial charge is 0.295 e. The summed E-state index contributed by atoms with van der Waals surface area (Å²) in [6, 6.07) is 18.5. The molecular formula is C26H30N5O3+. The average Bonchev–Trinajstić information content (AvgIpc) is 3.21. The molecule has 2 heterocycles. The number of aliphatic imine (C=N–C) groups is 1. The van der Waals surface area contributed by atoms with Gasteiger partial charge in [0, 0.05) is 27.2 Å². The number of urea groups is 1. The molecule has 0 saturated carbocycles. The molecule has 0 aliphatic carbocycles. The summed E-state index contributed by atoms with van der Waals surface area (Å²) >= 11 is 0. The highest BCUT2D eigenvalue weighted by Gasteiger charge is 2.54. The number of benzene rings is 2. The van der Waals surface area contributed by atoms with Gasteiger partial charge in [-0.3, -0.25) is 24.3 Å². The fraction of sp³-hybridized carbons (Fsp3) is 0.346. The van der Waals surface area contributed by atoms with Crippen LogP contribution in [0.25, 0.3) is 0 Å². The number of likely N-dealkylation sites (N-methyl/N-ethyl adjacent to an activating group) is 2. The van der Waals surface area contributed by atoms with E-state index in [0.717, 1.165) is 16.0 Å². The predicted octanol–water partition coefficient (Wildman–Crippen LogP) is 2.38. The van der Waals surface area contributed by atoms with Crippen LogP contribution in [0.4, 0.5) is 4.79 Å². The standard InChI is InChI=1S/C26H30N5O3/c1-18(19(2)32)31-22(27-24-23(31)25(33)29(4)26(34)28(24)3)17-30(15-20-11-7-5-8-12-20)16-21-13-9-6-10-14-21/h5-14,18,23H,15-17H2,1-4H3/q+1. The van der Waals surface area contributed by atoms with E-state index in [1.165, 1.54) is 18.9 Å². The second kappa shape index (κ2) is 9.69. The first kappa shape index (κ1) is 23.5. The van der Waals surface area contributed by atoms with E-state index in [9.17, 15) is 14.4 Å². The van der Waals surface area contributed by atoms with Crippen LogP contribution in [0.3, 0.4) is 0 Å². The SMILES string of the molecule is CC(=O)C(C)[N+]1=C(CN(Cc2ccccc2)Cc2ccccc2)N=C2C1C(=O)N(C)C(=O)N2C. The molecule has 2 atom stereocenters. The van der Waals surface area contributed by atoms with Gasteiger partial charge in [-0.25, -0.2) is 9.37 Å². The lowest BCUT2D eigenvalue weighted by atomic mass is 10.1. The minimum Gasteiger partial charge on any atom is -0.295 e. The molecule has 2 aliphatic rings. The van der Waals surface area contributed by atoms with Crippen LogP contribution >= 0.6 is 0 Å². The van der Waals surface area contributed by atoms with Crippen LogP contribution < -0.4 is 0 Å². The normalized spacial score (nSPS) is 19.0. The Hall–Kier alpha value is -3.65. The van der Waals surface area contributed by atoms with E-state index in [-0.39, 0.29) is 11.7 Å². The van der Waals surface area contributed by atoms with Crippen molar-refractivity contribution < 1.29 is 19.0 Å². The Labute approximate surface area is 199 Å². The van der Waals surface area contributed by atoms with Crippen molar-refractivity contribution in [2.24, 2.45) is 4.99 Å². The molecule has 176 valence electrons. The van der Waals surface area contributed by atoms with E-state index >= 15 is 0 Å². The number of amides is 3. The van der Waals surface area contributed by atoms with Crippen LogP contribution in [0.2, 0.25) is 0 Å². The molecule has 2 unspecified atom stereocenters. The number of hydrogen-bond donors (Lipinski definition) is 0. The van der Waals surface area contributed by atoms with Crippen LogP contribution in [0, 0.1) is 0 Å². The van der Waals surface area contributed by atoms with E-state index < -0.39 is 18.1 Å². The molecule has 1 saturated heterocycles. The van der Waals surface area contributed by atoms with E-state index in [1.54, 1.807) is 18.5 Å². The Balaban J connectivity index is 1.73. The molecule has 0 spiro atoms. The maximum Gasteiger partial charge on any atom is 0.333 e. The molecule has 4 rings (SSSR count). The van der Waals surface area contributed by atoms with Crippen LogP contribution in [-0.4, -0.2) is 81.4 Å². The fourth-order valence-electron chi connectivity index (χ4n) is 4.42. The molecule has 2 aromatic rings. The number of hydrogen-bond acceptors (Lipinski definition) is 5. The van der Waals surface area contributed by atoms with E-state index in [1.807, 2.05) is 36.4 Å². The first-order valence-electron chi connectivity index (χ1n) is 11.4. The first-order valence-corrected chi connectivity index (χ1v) is 11.4. The zero-order chi connectivity index (χ0) is 24.4. The van der Waals surface area contributed by atoms with E-state index in [2.05, 4.69) is 29.2 Å². The molecule has 0 radical (unpaired) electrons. The van der Waals surface area contributed by atoms with E-state index in [4.69, 9.17) is 4.99 Å². The van der Waals surface area contributed by atoms with Crippen molar-refractivity contribution in [1.82, 2.24) is 14.7 Å². The van der Waals surface area contributed by atoms with Gasteiger partial charge >= 0.3 is 11.9 Å². The van der Waals surface area contributed by atoms with Gasteiger partial charge in [0.25, 0.3) is 17.8 Å². The molecular weight excluding hydrogens is 430 g/mol. The number of nitrogens with zero attached hydrogens (tertiary/aromatic N) is 5. The predicted molar refractivity (Wildman–Crippen MR) is 130 cm³/mol. The zero-order valence-corrected chi connectivity index (χ0v) is 20.0. The molecule has 2 aliphatic heterocycles. The molecule has 3 amide bonds. The van der Waals surface area contributed by atoms with Crippen molar-refractivity contribution >= 4 is 29.4 Å². The van der Waals surface area contributed by atoms with Crippen molar-refractivity contribution in [2.75, 3.05) is 20.6 Å². The van der Waals surface area contributed by atoms with Crippen LogP contribution in [-0.2, 0) is 22.7 Å². The Morgan fingerprint density at radius 1 is 0.941 bits per heavy atom. The molecule has 34 heavy (non-hydrogen) atoms. The average molecular weight is 461 g/mol. The highest BCUT2D eigenvalue weighted by molar-refractivity contribution is 6.23. The minimum absolute atomic E-state index is 0.0679. The number of carbonyl (C=O) groups is 3. The Bertz CT molecular complexity index is 1120. The van der Waals surface area contributed by atoms with Gasteiger partial charge in [0.2, 0.25) is 0 Å². The Kier molecular flexibility index (Phi) is 6.70. The third kappa shape index (κ3) is 4.54. The third-order valence-electron chi connectivity index (χ3n) is 6.42. The van der Waals surface area contributed by atoms with Crippen LogP contribution in [0.15, 0.2) is 65.7 Å². The van der Waals surface area contributed by atoms with Crippen molar-refractivity contribution in [1.29, 1.82) is 0 Å². The van der Waals surface area contributed by atoms with Gasteiger partial charge in [0.15, 0.2) is 11.8 Å². The molecule has 2 aromatic carbocycles. The van der Waals surface area contributed by atoms with Gasteiger partial charge in [0.05, 0.1) is 0 Å². The van der Waals surface area contributed by atoms with Gasteiger partial charge < -0.3 is 0 Å². The maximum absolute atomic E-state index is 13.1.